The summed E-state index contributed by atoms with van der Waals surface area (Å²) in [4.78, 5) is 14.3. The first-order chi connectivity index (χ1) is 9.69. The lowest BCUT2D eigenvalue weighted by Gasteiger charge is -2.35. The third-order valence-electron chi connectivity index (χ3n) is 4.56. The molecular weight excluding hydrogens is 254 g/mol. The lowest BCUT2D eigenvalue weighted by molar-refractivity contribution is -0.123. The van der Waals surface area contributed by atoms with Gasteiger partial charge in [-0.05, 0) is 45.1 Å². The predicted octanol–water partition coefficient (Wildman–Crippen LogP) is 0.873. The zero-order valence-electron chi connectivity index (χ0n) is 12.6. The van der Waals surface area contributed by atoms with Gasteiger partial charge < -0.3 is 15.8 Å². The summed E-state index contributed by atoms with van der Waals surface area (Å²) >= 11 is 0. The molecule has 1 saturated heterocycles. The SMILES string of the molecule is CCN(CC(=O)NCC1CCCO1)C1CCC(N)CC1. The largest absolute Gasteiger partial charge is 0.376 e. The van der Waals surface area contributed by atoms with Gasteiger partial charge in [-0.3, -0.25) is 9.69 Å². The molecule has 3 N–H and O–H groups in total. The Labute approximate surface area is 122 Å². The van der Waals surface area contributed by atoms with Gasteiger partial charge in [0.1, 0.15) is 0 Å². The third kappa shape index (κ3) is 4.72. The summed E-state index contributed by atoms with van der Waals surface area (Å²) < 4.78 is 5.52. The molecule has 2 fully saturated rings. The first kappa shape index (κ1) is 15.7. The minimum Gasteiger partial charge on any atom is -0.376 e. The molecular formula is C15H29N3O2. The molecule has 5 nitrogen and oxygen atoms in total. The Morgan fingerprint density at radius 1 is 1.30 bits per heavy atom. The fraction of sp³-hybridized carbons (Fsp3) is 0.933. The van der Waals surface area contributed by atoms with Crippen LogP contribution in [0, 0.1) is 0 Å². The summed E-state index contributed by atoms with van der Waals surface area (Å²) in [5.41, 5.74) is 5.95. The average Bonchev–Trinajstić information content (AvgIpc) is 2.97. The molecule has 0 aromatic carbocycles. The maximum absolute atomic E-state index is 12.0. The zero-order valence-corrected chi connectivity index (χ0v) is 12.6. The maximum Gasteiger partial charge on any atom is 0.234 e. The van der Waals surface area contributed by atoms with E-state index < -0.39 is 0 Å². The van der Waals surface area contributed by atoms with Crippen LogP contribution < -0.4 is 11.1 Å². The number of likely N-dealkylation sites (N-methyl/N-ethyl adjacent to an activating group) is 1. The molecule has 1 unspecified atom stereocenters. The Morgan fingerprint density at radius 2 is 2.05 bits per heavy atom. The van der Waals surface area contributed by atoms with Crippen LogP contribution in [0.4, 0.5) is 0 Å². The topological polar surface area (TPSA) is 67.6 Å². The van der Waals surface area contributed by atoms with E-state index >= 15 is 0 Å². The summed E-state index contributed by atoms with van der Waals surface area (Å²) in [6, 6.07) is 0.881. The zero-order chi connectivity index (χ0) is 14.4. The first-order valence-corrected chi connectivity index (χ1v) is 8.07. The van der Waals surface area contributed by atoms with E-state index in [1.807, 2.05) is 0 Å². The van der Waals surface area contributed by atoms with E-state index in [1.165, 1.54) is 0 Å². The fourth-order valence-electron chi connectivity index (χ4n) is 3.24. The second kappa shape index (κ2) is 7.96. The lowest BCUT2D eigenvalue weighted by Crippen LogP contribution is -2.46. The van der Waals surface area contributed by atoms with Crippen LogP contribution in [0.5, 0.6) is 0 Å². The van der Waals surface area contributed by atoms with Gasteiger partial charge in [0.25, 0.3) is 0 Å². The number of ether oxygens (including phenoxy) is 1. The predicted molar refractivity (Wildman–Crippen MR) is 79.5 cm³/mol. The normalized spacial score (nSPS) is 30.6. The number of nitrogens with two attached hydrogens (primary N) is 1. The molecule has 0 aromatic rings. The second-order valence-electron chi connectivity index (χ2n) is 6.07. The summed E-state index contributed by atoms with van der Waals surface area (Å²) in [6.45, 7) is 5.05. The lowest BCUT2D eigenvalue weighted by atomic mass is 9.91. The smallest absolute Gasteiger partial charge is 0.234 e. The van der Waals surface area contributed by atoms with Crippen molar-refractivity contribution in [3.05, 3.63) is 0 Å². The number of hydrogen-bond donors (Lipinski definition) is 2. The molecule has 0 aromatic heterocycles. The van der Waals surface area contributed by atoms with E-state index in [9.17, 15) is 4.79 Å². The average molecular weight is 283 g/mol. The second-order valence-corrected chi connectivity index (χ2v) is 6.07. The monoisotopic (exact) mass is 283 g/mol. The van der Waals surface area contributed by atoms with E-state index in [0.29, 0.717) is 25.2 Å². The van der Waals surface area contributed by atoms with Crippen molar-refractivity contribution in [2.24, 2.45) is 5.73 Å². The van der Waals surface area contributed by atoms with Crippen LogP contribution in [0.25, 0.3) is 0 Å². The van der Waals surface area contributed by atoms with Crippen molar-refractivity contribution in [1.82, 2.24) is 10.2 Å². The van der Waals surface area contributed by atoms with Crippen molar-refractivity contribution in [2.45, 2.75) is 63.6 Å². The fourth-order valence-corrected chi connectivity index (χ4v) is 3.24. The Kier molecular flexibility index (Phi) is 6.26. The molecule has 0 bridgehead atoms. The van der Waals surface area contributed by atoms with Crippen molar-refractivity contribution < 1.29 is 9.53 Å². The highest BCUT2D eigenvalue weighted by Crippen LogP contribution is 2.21. The van der Waals surface area contributed by atoms with Crippen molar-refractivity contribution >= 4 is 5.91 Å². The van der Waals surface area contributed by atoms with Crippen LogP contribution in [0.15, 0.2) is 0 Å². The number of amides is 1. The van der Waals surface area contributed by atoms with Crippen molar-refractivity contribution in [1.29, 1.82) is 0 Å². The molecule has 2 rings (SSSR count). The number of rotatable bonds is 6. The number of nitrogens with zero attached hydrogens (tertiary/aromatic N) is 1. The molecule has 116 valence electrons. The highest BCUT2D eigenvalue weighted by Gasteiger charge is 2.25. The molecule has 20 heavy (non-hydrogen) atoms. The highest BCUT2D eigenvalue weighted by molar-refractivity contribution is 5.78. The number of carbonyl (C=O) groups excluding carboxylic acids is 1. The van der Waals surface area contributed by atoms with E-state index in [-0.39, 0.29) is 12.0 Å². The van der Waals surface area contributed by atoms with Crippen LogP contribution in [-0.4, -0.2) is 55.2 Å². The van der Waals surface area contributed by atoms with Gasteiger partial charge in [0.15, 0.2) is 0 Å². The van der Waals surface area contributed by atoms with Crippen molar-refractivity contribution in [2.75, 3.05) is 26.2 Å². The van der Waals surface area contributed by atoms with Gasteiger partial charge in [0.2, 0.25) is 5.91 Å². The molecule has 0 radical (unpaired) electrons. The quantitative estimate of drug-likeness (QED) is 0.759. The van der Waals surface area contributed by atoms with Gasteiger partial charge in [-0.25, -0.2) is 0 Å². The Morgan fingerprint density at radius 3 is 2.65 bits per heavy atom. The van der Waals surface area contributed by atoms with Crippen LogP contribution in [0.3, 0.4) is 0 Å². The highest BCUT2D eigenvalue weighted by atomic mass is 16.5. The molecule has 1 aliphatic carbocycles. The van der Waals surface area contributed by atoms with Crippen molar-refractivity contribution in [3.63, 3.8) is 0 Å². The molecule has 1 amide bonds. The summed E-state index contributed by atoms with van der Waals surface area (Å²) in [5, 5.41) is 3.01. The molecule has 1 atom stereocenters. The number of hydrogen-bond acceptors (Lipinski definition) is 4. The Bertz CT molecular complexity index is 297. The molecule has 1 aliphatic heterocycles. The Balaban J connectivity index is 1.69. The summed E-state index contributed by atoms with van der Waals surface area (Å²) in [6.07, 6.45) is 6.81. The summed E-state index contributed by atoms with van der Waals surface area (Å²) in [5.74, 6) is 0.122. The standard InChI is InChI=1S/C15H29N3O2/c1-2-18(13-7-5-12(16)6-8-13)11-15(19)17-10-14-4-3-9-20-14/h12-14H,2-11,16H2,1H3,(H,17,19). The minimum absolute atomic E-state index is 0.122. The summed E-state index contributed by atoms with van der Waals surface area (Å²) in [7, 11) is 0. The first-order valence-electron chi connectivity index (χ1n) is 8.07. The molecule has 1 saturated carbocycles. The van der Waals surface area contributed by atoms with E-state index in [0.717, 1.165) is 51.7 Å². The minimum atomic E-state index is 0.122. The van der Waals surface area contributed by atoms with E-state index in [1.54, 1.807) is 0 Å². The van der Waals surface area contributed by atoms with Crippen LogP contribution >= 0.6 is 0 Å². The molecule has 1 heterocycles. The van der Waals surface area contributed by atoms with Gasteiger partial charge in [0, 0.05) is 25.2 Å². The van der Waals surface area contributed by atoms with E-state index in [4.69, 9.17) is 10.5 Å². The molecule has 5 heteroatoms. The van der Waals surface area contributed by atoms with Crippen LogP contribution in [-0.2, 0) is 9.53 Å². The van der Waals surface area contributed by atoms with Gasteiger partial charge >= 0.3 is 0 Å². The van der Waals surface area contributed by atoms with Gasteiger partial charge in [-0.1, -0.05) is 6.92 Å². The van der Waals surface area contributed by atoms with Crippen LogP contribution in [0.1, 0.15) is 45.4 Å². The third-order valence-corrected chi connectivity index (χ3v) is 4.56. The van der Waals surface area contributed by atoms with E-state index in [2.05, 4.69) is 17.1 Å². The molecule has 0 spiro atoms. The maximum atomic E-state index is 12.0. The number of nitrogens with one attached hydrogen (secondary N) is 1. The van der Waals surface area contributed by atoms with Gasteiger partial charge in [-0.2, -0.15) is 0 Å². The van der Waals surface area contributed by atoms with Crippen molar-refractivity contribution in [3.8, 4) is 0 Å². The van der Waals surface area contributed by atoms with Crippen LogP contribution in [0.2, 0.25) is 0 Å². The molecule has 2 aliphatic rings. The number of carbonyl (C=O) groups is 1. The Hall–Kier alpha value is -0.650. The van der Waals surface area contributed by atoms with Gasteiger partial charge in [0.05, 0.1) is 12.6 Å². The van der Waals surface area contributed by atoms with Gasteiger partial charge in [-0.15, -0.1) is 0 Å².